The number of nitrogens with zero attached hydrogens (tertiary/aromatic N) is 1. The molecule has 2 N–H and O–H groups in total. The maximum atomic E-state index is 13.3. The molecule has 1 aromatic carbocycles. The van der Waals surface area contributed by atoms with E-state index in [2.05, 4.69) is 6.92 Å². The highest BCUT2D eigenvalue weighted by Crippen LogP contribution is 2.15. The van der Waals surface area contributed by atoms with E-state index in [1.165, 1.54) is 11.0 Å². The van der Waals surface area contributed by atoms with Gasteiger partial charge in [0.25, 0.3) is 0 Å². The summed E-state index contributed by atoms with van der Waals surface area (Å²) in [5.41, 5.74) is 5.82. The van der Waals surface area contributed by atoms with Crippen LogP contribution in [0.15, 0.2) is 24.3 Å². The molecule has 112 valence electrons. The average molecular weight is 282 g/mol. The van der Waals surface area contributed by atoms with Crippen molar-refractivity contribution in [3.8, 4) is 5.75 Å². The Hall–Kier alpha value is -1.62. The third-order valence-corrected chi connectivity index (χ3v) is 3.08. The fourth-order valence-corrected chi connectivity index (χ4v) is 1.80. The summed E-state index contributed by atoms with van der Waals surface area (Å²) in [7, 11) is 1.68. The minimum atomic E-state index is -0.464. The predicted molar refractivity (Wildman–Crippen MR) is 77.0 cm³/mol. The molecule has 4 nitrogen and oxygen atoms in total. The van der Waals surface area contributed by atoms with Crippen LogP contribution in [0.5, 0.6) is 5.75 Å². The van der Waals surface area contributed by atoms with Crippen molar-refractivity contribution in [2.75, 3.05) is 20.2 Å². The first kappa shape index (κ1) is 16.4. The van der Waals surface area contributed by atoms with Crippen molar-refractivity contribution < 1.29 is 13.9 Å². The number of carbonyl (C=O) groups excluding carboxylic acids is 1. The van der Waals surface area contributed by atoms with Gasteiger partial charge >= 0.3 is 0 Å². The van der Waals surface area contributed by atoms with E-state index in [-0.39, 0.29) is 18.3 Å². The molecule has 0 radical (unpaired) electrons. The topological polar surface area (TPSA) is 55.6 Å². The van der Waals surface area contributed by atoms with Crippen LogP contribution in [0.1, 0.15) is 26.2 Å². The molecule has 0 aliphatic heterocycles. The molecule has 0 saturated heterocycles. The lowest BCUT2D eigenvalue weighted by atomic mass is 10.1. The SMILES string of the molecule is CCCC[C@H](N)C(=O)N(C)CCOc1ccccc1F. The summed E-state index contributed by atoms with van der Waals surface area (Å²) in [6.45, 7) is 2.68. The Morgan fingerprint density at radius 3 is 2.80 bits per heavy atom. The van der Waals surface area contributed by atoms with Crippen LogP contribution in [0.25, 0.3) is 0 Å². The van der Waals surface area contributed by atoms with Gasteiger partial charge in [-0.05, 0) is 18.6 Å². The number of rotatable bonds is 8. The van der Waals surface area contributed by atoms with Crippen molar-refractivity contribution in [3.63, 3.8) is 0 Å². The Kier molecular flexibility index (Phi) is 7.01. The second kappa shape index (κ2) is 8.53. The first-order valence-corrected chi connectivity index (χ1v) is 6.94. The Balaban J connectivity index is 2.34. The van der Waals surface area contributed by atoms with Gasteiger partial charge in [-0.25, -0.2) is 4.39 Å². The summed E-state index contributed by atoms with van der Waals surface area (Å²) in [6, 6.07) is 5.74. The minimum absolute atomic E-state index is 0.101. The van der Waals surface area contributed by atoms with Gasteiger partial charge in [0.2, 0.25) is 5.91 Å². The number of para-hydroxylation sites is 1. The van der Waals surface area contributed by atoms with Crippen molar-refractivity contribution in [3.05, 3.63) is 30.1 Å². The standard InChI is InChI=1S/C15H23FN2O2/c1-3-4-8-13(17)15(19)18(2)10-11-20-14-9-6-5-7-12(14)16/h5-7,9,13H,3-4,8,10-11,17H2,1-2H3/t13-/m0/s1. The van der Waals surface area contributed by atoms with Crippen LogP contribution in [-0.4, -0.2) is 37.0 Å². The zero-order valence-electron chi connectivity index (χ0n) is 12.1. The Bertz CT molecular complexity index is 426. The lowest BCUT2D eigenvalue weighted by molar-refractivity contribution is -0.131. The van der Waals surface area contributed by atoms with E-state index in [9.17, 15) is 9.18 Å². The number of unbranched alkanes of at least 4 members (excludes halogenated alkanes) is 1. The summed E-state index contributed by atoms with van der Waals surface area (Å²) in [5, 5.41) is 0. The van der Waals surface area contributed by atoms with Gasteiger partial charge in [0.15, 0.2) is 11.6 Å². The zero-order chi connectivity index (χ0) is 15.0. The van der Waals surface area contributed by atoms with E-state index in [1.54, 1.807) is 25.2 Å². The van der Waals surface area contributed by atoms with Gasteiger partial charge in [0, 0.05) is 7.05 Å². The fourth-order valence-electron chi connectivity index (χ4n) is 1.80. The number of nitrogens with two attached hydrogens (primary N) is 1. The molecule has 20 heavy (non-hydrogen) atoms. The molecule has 0 aromatic heterocycles. The van der Waals surface area contributed by atoms with Crippen LogP contribution < -0.4 is 10.5 Å². The molecule has 0 heterocycles. The third kappa shape index (κ3) is 5.17. The van der Waals surface area contributed by atoms with E-state index in [0.717, 1.165) is 12.8 Å². The molecular weight excluding hydrogens is 259 g/mol. The van der Waals surface area contributed by atoms with Crippen molar-refractivity contribution in [1.82, 2.24) is 4.90 Å². The number of amides is 1. The molecule has 1 atom stereocenters. The lowest BCUT2D eigenvalue weighted by Gasteiger charge is -2.21. The van der Waals surface area contributed by atoms with Crippen molar-refractivity contribution >= 4 is 5.91 Å². The summed E-state index contributed by atoms with van der Waals surface area (Å²) >= 11 is 0. The van der Waals surface area contributed by atoms with Gasteiger partial charge in [-0.1, -0.05) is 31.9 Å². The predicted octanol–water partition coefficient (Wildman–Crippen LogP) is 2.18. The summed E-state index contributed by atoms with van der Waals surface area (Å²) < 4.78 is 18.6. The molecule has 0 unspecified atom stereocenters. The second-order valence-electron chi connectivity index (χ2n) is 4.79. The number of ether oxygens (including phenoxy) is 1. The monoisotopic (exact) mass is 282 g/mol. The molecule has 0 fully saturated rings. The molecular formula is C15H23FN2O2. The molecule has 0 spiro atoms. The summed E-state index contributed by atoms with van der Waals surface area (Å²) in [4.78, 5) is 13.5. The lowest BCUT2D eigenvalue weighted by Crippen LogP contribution is -2.43. The van der Waals surface area contributed by atoms with Crippen LogP contribution in [0, 0.1) is 5.82 Å². The van der Waals surface area contributed by atoms with Gasteiger partial charge in [-0.15, -0.1) is 0 Å². The molecule has 1 amide bonds. The number of benzene rings is 1. The van der Waals surface area contributed by atoms with E-state index >= 15 is 0 Å². The van der Waals surface area contributed by atoms with Crippen molar-refractivity contribution in [2.45, 2.75) is 32.2 Å². The van der Waals surface area contributed by atoms with E-state index in [4.69, 9.17) is 10.5 Å². The first-order valence-electron chi connectivity index (χ1n) is 6.94. The molecule has 0 aliphatic rings. The highest BCUT2D eigenvalue weighted by atomic mass is 19.1. The molecule has 5 heteroatoms. The quantitative estimate of drug-likeness (QED) is 0.795. The van der Waals surface area contributed by atoms with Crippen LogP contribution in [0.4, 0.5) is 4.39 Å². The average Bonchev–Trinajstić information content (AvgIpc) is 2.45. The van der Waals surface area contributed by atoms with Crippen LogP contribution in [-0.2, 0) is 4.79 Å². The largest absolute Gasteiger partial charge is 0.489 e. The first-order chi connectivity index (χ1) is 9.56. The molecule has 1 aromatic rings. The molecule has 0 bridgehead atoms. The number of hydrogen-bond donors (Lipinski definition) is 1. The Morgan fingerprint density at radius 1 is 1.45 bits per heavy atom. The Labute approximate surface area is 119 Å². The zero-order valence-corrected chi connectivity index (χ0v) is 12.1. The van der Waals surface area contributed by atoms with E-state index in [0.29, 0.717) is 13.0 Å². The normalized spacial score (nSPS) is 12.0. The van der Waals surface area contributed by atoms with Crippen LogP contribution >= 0.6 is 0 Å². The maximum absolute atomic E-state index is 13.3. The van der Waals surface area contributed by atoms with Gasteiger partial charge in [0.1, 0.15) is 6.61 Å². The summed E-state index contributed by atoms with van der Waals surface area (Å²) in [6.07, 6.45) is 2.64. The number of halogens is 1. The molecule has 1 rings (SSSR count). The fraction of sp³-hybridized carbons (Fsp3) is 0.533. The maximum Gasteiger partial charge on any atom is 0.239 e. The smallest absolute Gasteiger partial charge is 0.239 e. The highest BCUT2D eigenvalue weighted by molar-refractivity contribution is 5.81. The summed E-state index contributed by atoms with van der Waals surface area (Å²) in [5.74, 6) is -0.305. The highest BCUT2D eigenvalue weighted by Gasteiger charge is 2.17. The van der Waals surface area contributed by atoms with Crippen molar-refractivity contribution in [1.29, 1.82) is 0 Å². The minimum Gasteiger partial charge on any atom is -0.489 e. The van der Waals surface area contributed by atoms with E-state index in [1.807, 2.05) is 0 Å². The van der Waals surface area contributed by atoms with Gasteiger partial charge in [-0.2, -0.15) is 0 Å². The number of carbonyl (C=O) groups is 1. The van der Waals surface area contributed by atoms with Gasteiger partial charge < -0.3 is 15.4 Å². The van der Waals surface area contributed by atoms with E-state index < -0.39 is 11.9 Å². The second-order valence-corrected chi connectivity index (χ2v) is 4.79. The molecule has 0 aliphatic carbocycles. The van der Waals surface area contributed by atoms with Gasteiger partial charge in [-0.3, -0.25) is 4.79 Å². The molecule has 0 saturated carbocycles. The van der Waals surface area contributed by atoms with Crippen molar-refractivity contribution in [2.24, 2.45) is 5.73 Å². The van der Waals surface area contributed by atoms with Crippen LogP contribution in [0.2, 0.25) is 0 Å². The van der Waals surface area contributed by atoms with Gasteiger partial charge in [0.05, 0.1) is 12.6 Å². The third-order valence-electron chi connectivity index (χ3n) is 3.08. The van der Waals surface area contributed by atoms with Crippen LogP contribution in [0.3, 0.4) is 0 Å². The number of hydrogen-bond acceptors (Lipinski definition) is 3. The Morgan fingerprint density at radius 2 is 2.15 bits per heavy atom. The number of likely N-dealkylation sites (N-methyl/N-ethyl adjacent to an activating group) is 1.